The molecule has 0 spiro atoms. The Morgan fingerprint density at radius 2 is 2.33 bits per heavy atom. The number of benzene rings is 1. The Kier molecular flexibility index (Phi) is 4.62. The Balaban J connectivity index is 2.12. The molecule has 98 valence electrons. The summed E-state index contributed by atoms with van der Waals surface area (Å²) in [5.41, 5.74) is 0.455. The van der Waals surface area contributed by atoms with Crippen LogP contribution >= 0.6 is 27.5 Å². The maximum absolute atomic E-state index is 13.1. The number of rotatable bonds is 2. The van der Waals surface area contributed by atoms with E-state index in [1.807, 2.05) is 4.90 Å². The van der Waals surface area contributed by atoms with E-state index in [2.05, 4.69) is 15.9 Å². The second-order valence-electron chi connectivity index (χ2n) is 4.54. The van der Waals surface area contributed by atoms with Gasteiger partial charge in [-0.2, -0.15) is 0 Å². The quantitative estimate of drug-likeness (QED) is 0.755. The predicted molar refractivity (Wildman–Crippen MR) is 73.8 cm³/mol. The smallest absolute Gasteiger partial charge is 0.253 e. The van der Waals surface area contributed by atoms with E-state index in [-0.39, 0.29) is 10.9 Å². The number of piperidine rings is 1. The van der Waals surface area contributed by atoms with E-state index in [0.29, 0.717) is 11.5 Å². The maximum Gasteiger partial charge on any atom is 0.253 e. The summed E-state index contributed by atoms with van der Waals surface area (Å²) in [6.45, 7) is 1.51. The number of halogens is 3. The van der Waals surface area contributed by atoms with Gasteiger partial charge in [0, 0.05) is 24.0 Å². The molecule has 2 rings (SSSR count). The van der Waals surface area contributed by atoms with Crippen LogP contribution in [0.1, 0.15) is 23.2 Å². The molecule has 0 radical (unpaired) electrons. The average Bonchev–Trinajstić information content (AvgIpc) is 2.41. The van der Waals surface area contributed by atoms with Gasteiger partial charge in [0.2, 0.25) is 0 Å². The third kappa shape index (κ3) is 3.04. The molecule has 1 atom stereocenters. The summed E-state index contributed by atoms with van der Waals surface area (Å²) >= 11 is 9.16. The topological polar surface area (TPSA) is 20.3 Å². The molecule has 0 N–H and O–H groups in total. The summed E-state index contributed by atoms with van der Waals surface area (Å²) in [4.78, 5) is 14.1. The monoisotopic (exact) mass is 333 g/mol. The lowest BCUT2D eigenvalue weighted by Crippen LogP contribution is -2.40. The van der Waals surface area contributed by atoms with Gasteiger partial charge in [0.1, 0.15) is 5.82 Å². The largest absolute Gasteiger partial charge is 0.338 e. The minimum absolute atomic E-state index is 0.00472. The molecule has 0 saturated carbocycles. The molecule has 1 saturated heterocycles. The number of carbonyl (C=O) groups is 1. The van der Waals surface area contributed by atoms with E-state index in [1.54, 1.807) is 0 Å². The van der Waals surface area contributed by atoms with Crippen molar-refractivity contribution >= 4 is 33.4 Å². The van der Waals surface area contributed by atoms with E-state index < -0.39 is 5.82 Å². The highest BCUT2D eigenvalue weighted by atomic mass is 79.9. The van der Waals surface area contributed by atoms with E-state index in [0.717, 1.165) is 31.3 Å². The van der Waals surface area contributed by atoms with Crippen molar-refractivity contribution in [3.8, 4) is 0 Å². The van der Waals surface area contributed by atoms with Crippen molar-refractivity contribution in [2.75, 3.05) is 18.4 Å². The van der Waals surface area contributed by atoms with Crippen molar-refractivity contribution in [2.45, 2.75) is 12.8 Å². The zero-order valence-electron chi connectivity index (χ0n) is 9.83. The number of carbonyl (C=O) groups excluding carboxylic acids is 1. The molecular weight excluding hydrogens is 321 g/mol. The first-order valence-electron chi connectivity index (χ1n) is 5.92. The van der Waals surface area contributed by atoms with Crippen LogP contribution in [-0.4, -0.2) is 29.2 Å². The highest BCUT2D eigenvalue weighted by molar-refractivity contribution is 9.09. The highest BCUT2D eigenvalue weighted by Crippen LogP contribution is 2.22. The Labute approximate surface area is 119 Å². The Hall–Kier alpha value is -0.610. The lowest BCUT2D eigenvalue weighted by molar-refractivity contribution is 0.0686. The zero-order chi connectivity index (χ0) is 13.1. The van der Waals surface area contributed by atoms with Crippen LogP contribution < -0.4 is 0 Å². The number of hydrogen-bond acceptors (Lipinski definition) is 1. The van der Waals surface area contributed by atoms with Crippen LogP contribution in [0.5, 0.6) is 0 Å². The Morgan fingerprint density at radius 1 is 1.56 bits per heavy atom. The number of nitrogens with zero attached hydrogens (tertiary/aromatic N) is 1. The number of amides is 1. The van der Waals surface area contributed by atoms with Crippen LogP contribution in [0, 0.1) is 11.7 Å². The molecule has 2 nitrogen and oxygen atoms in total. The molecule has 1 aliphatic heterocycles. The lowest BCUT2D eigenvalue weighted by atomic mass is 9.99. The van der Waals surface area contributed by atoms with Crippen LogP contribution in [0.4, 0.5) is 4.39 Å². The van der Waals surface area contributed by atoms with Gasteiger partial charge in [-0.25, -0.2) is 4.39 Å². The predicted octanol–water partition coefficient (Wildman–Crippen LogP) is 3.73. The summed E-state index contributed by atoms with van der Waals surface area (Å²) in [6.07, 6.45) is 2.15. The third-order valence-corrected chi connectivity index (χ3v) is 4.40. The second-order valence-corrected chi connectivity index (χ2v) is 5.60. The summed E-state index contributed by atoms with van der Waals surface area (Å²) in [7, 11) is 0. The summed E-state index contributed by atoms with van der Waals surface area (Å²) < 4.78 is 13.1. The lowest BCUT2D eigenvalue weighted by Gasteiger charge is -2.32. The minimum Gasteiger partial charge on any atom is -0.338 e. The van der Waals surface area contributed by atoms with Crippen molar-refractivity contribution in [2.24, 2.45) is 5.92 Å². The zero-order valence-corrected chi connectivity index (χ0v) is 12.2. The van der Waals surface area contributed by atoms with Gasteiger partial charge in [-0.05, 0) is 37.0 Å². The van der Waals surface area contributed by atoms with Crippen molar-refractivity contribution in [1.29, 1.82) is 0 Å². The molecule has 18 heavy (non-hydrogen) atoms. The van der Waals surface area contributed by atoms with Crippen molar-refractivity contribution in [3.63, 3.8) is 0 Å². The first-order valence-corrected chi connectivity index (χ1v) is 7.42. The van der Waals surface area contributed by atoms with E-state index in [4.69, 9.17) is 11.6 Å². The van der Waals surface area contributed by atoms with Crippen LogP contribution in [0.25, 0.3) is 0 Å². The highest BCUT2D eigenvalue weighted by Gasteiger charge is 2.24. The van der Waals surface area contributed by atoms with Gasteiger partial charge in [0.25, 0.3) is 5.91 Å². The number of alkyl halides is 1. The van der Waals surface area contributed by atoms with E-state index >= 15 is 0 Å². The second kappa shape index (κ2) is 6.02. The third-order valence-electron chi connectivity index (χ3n) is 3.19. The van der Waals surface area contributed by atoms with Gasteiger partial charge >= 0.3 is 0 Å². The van der Waals surface area contributed by atoms with Crippen molar-refractivity contribution < 1.29 is 9.18 Å². The van der Waals surface area contributed by atoms with Crippen LogP contribution in [-0.2, 0) is 0 Å². The number of hydrogen-bond donors (Lipinski definition) is 0. The van der Waals surface area contributed by atoms with Gasteiger partial charge in [0.05, 0.1) is 5.02 Å². The molecule has 0 bridgehead atoms. The molecule has 1 aromatic rings. The molecule has 0 aliphatic carbocycles. The van der Waals surface area contributed by atoms with Gasteiger partial charge < -0.3 is 4.90 Å². The summed E-state index contributed by atoms with van der Waals surface area (Å²) in [6, 6.07) is 4.12. The molecule has 1 aliphatic rings. The molecule has 1 heterocycles. The van der Waals surface area contributed by atoms with Crippen molar-refractivity contribution in [1.82, 2.24) is 4.90 Å². The first kappa shape index (κ1) is 13.8. The van der Waals surface area contributed by atoms with Crippen LogP contribution in [0.3, 0.4) is 0 Å². The summed E-state index contributed by atoms with van der Waals surface area (Å²) in [5, 5.41) is 0.899. The first-order chi connectivity index (χ1) is 8.61. The minimum atomic E-state index is -0.495. The fraction of sp³-hybridized carbons (Fsp3) is 0.462. The standard InChI is InChI=1S/C13H14BrClFNO/c14-7-9-2-1-5-17(8-9)13(18)10-3-4-12(16)11(15)6-10/h3-4,6,9H,1-2,5,7-8H2. The fourth-order valence-corrected chi connectivity index (χ4v) is 2.90. The van der Waals surface area contributed by atoms with Gasteiger partial charge in [-0.3, -0.25) is 4.79 Å². The van der Waals surface area contributed by atoms with E-state index in [9.17, 15) is 9.18 Å². The summed E-state index contributed by atoms with van der Waals surface area (Å²) in [5.74, 6) is -0.0636. The SMILES string of the molecule is O=C(c1ccc(F)c(Cl)c1)N1CCCC(CBr)C1. The Bertz CT molecular complexity index is 455. The number of likely N-dealkylation sites (tertiary alicyclic amines) is 1. The molecule has 1 fully saturated rings. The van der Waals surface area contributed by atoms with Crippen LogP contribution in [0.2, 0.25) is 5.02 Å². The van der Waals surface area contributed by atoms with Gasteiger partial charge in [0.15, 0.2) is 0 Å². The maximum atomic E-state index is 13.1. The normalized spacial score (nSPS) is 19.9. The van der Waals surface area contributed by atoms with Gasteiger partial charge in [-0.1, -0.05) is 27.5 Å². The molecule has 1 unspecified atom stereocenters. The average molecular weight is 335 g/mol. The molecule has 1 aromatic carbocycles. The van der Waals surface area contributed by atoms with Gasteiger partial charge in [-0.15, -0.1) is 0 Å². The molecule has 5 heteroatoms. The molecule has 1 amide bonds. The van der Waals surface area contributed by atoms with E-state index in [1.165, 1.54) is 18.2 Å². The van der Waals surface area contributed by atoms with Crippen LogP contribution in [0.15, 0.2) is 18.2 Å². The molecule has 0 aromatic heterocycles. The van der Waals surface area contributed by atoms with Crippen molar-refractivity contribution in [3.05, 3.63) is 34.6 Å². The molecular formula is C13H14BrClFNO. The Morgan fingerprint density at radius 3 is 3.00 bits per heavy atom. The fourth-order valence-electron chi connectivity index (χ4n) is 2.19.